The summed E-state index contributed by atoms with van der Waals surface area (Å²) in [5.74, 6) is 2.08. The van der Waals surface area contributed by atoms with Crippen molar-refractivity contribution in [3.05, 3.63) is 89.9 Å². The molecule has 0 bridgehead atoms. The van der Waals surface area contributed by atoms with Crippen molar-refractivity contribution >= 4 is 11.8 Å². The molecule has 0 unspecified atom stereocenters. The lowest BCUT2D eigenvalue weighted by atomic mass is 10.1. The number of piperidine rings is 1. The van der Waals surface area contributed by atoms with Crippen molar-refractivity contribution in [2.24, 2.45) is 4.99 Å². The van der Waals surface area contributed by atoms with Gasteiger partial charge in [0.05, 0.1) is 6.61 Å². The van der Waals surface area contributed by atoms with E-state index in [1.165, 1.54) is 50.0 Å². The normalized spacial score (nSPS) is 13.7. The fourth-order valence-corrected chi connectivity index (χ4v) is 5.49. The number of nitrogens with zero attached hydrogens (tertiary/aromatic N) is 6. The molecule has 46 heavy (non-hydrogen) atoms. The van der Waals surface area contributed by atoms with Crippen molar-refractivity contribution in [2.75, 3.05) is 64.4 Å². The third-order valence-electron chi connectivity index (χ3n) is 8.04. The molecule has 0 amide bonds. The first-order chi connectivity index (χ1) is 22.6. The Morgan fingerprint density at radius 3 is 2.61 bits per heavy atom. The summed E-state index contributed by atoms with van der Waals surface area (Å²) in [6.45, 7) is 8.51. The molecule has 246 valence electrons. The number of likely N-dealkylation sites (N-methyl/N-ethyl adjacent to an activating group) is 1. The molecule has 2 aromatic carbocycles. The molecule has 9 nitrogen and oxygen atoms in total. The number of likely N-dealkylation sites (tertiary alicyclic amines) is 1. The van der Waals surface area contributed by atoms with Crippen molar-refractivity contribution in [3.8, 4) is 11.9 Å². The SMILES string of the molecule is CN(CCCCN/C(=N/CCCOc1cccc(CN2CCCCC2)c1)NC#N)CCN(Cc1ccc(F)cc1)c1ccccn1. The van der Waals surface area contributed by atoms with E-state index in [0.29, 0.717) is 25.7 Å². The molecule has 10 heteroatoms. The van der Waals surface area contributed by atoms with Crippen molar-refractivity contribution in [1.82, 2.24) is 25.4 Å². The Balaban J connectivity index is 1.10. The molecule has 0 aliphatic carbocycles. The van der Waals surface area contributed by atoms with Gasteiger partial charge in [0.15, 0.2) is 6.19 Å². The fraction of sp³-hybridized carbons (Fsp3) is 0.472. The summed E-state index contributed by atoms with van der Waals surface area (Å²) in [6, 6.07) is 20.9. The van der Waals surface area contributed by atoms with E-state index >= 15 is 0 Å². The number of rotatable bonds is 18. The highest BCUT2D eigenvalue weighted by Crippen LogP contribution is 2.18. The summed E-state index contributed by atoms with van der Waals surface area (Å²) in [6.07, 6.45) is 10.4. The average Bonchev–Trinajstić information content (AvgIpc) is 3.08. The number of hydrogen-bond acceptors (Lipinski definition) is 7. The van der Waals surface area contributed by atoms with E-state index in [9.17, 15) is 4.39 Å². The Bertz CT molecular complexity index is 1340. The van der Waals surface area contributed by atoms with Gasteiger partial charge in [0.1, 0.15) is 17.4 Å². The molecule has 0 spiro atoms. The standard InChI is InChI=1S/C36H49FN8O/c1-43(24-25-45(35-13-3-4-18-39-35)29-31-14-16-33(37)17-15-31)21-8-5-19-40-36(42-30-38)41-20-10-26-46-34-12-9-11-32(27-34)28-44-22-6-2-7-23-44/h3-4,9,11-18,27H,2,5-8,10,19-26,28-29H2,1H3,(H2,40,41,42). The van der Waals surface area contributed by atoms with Crippen LogP contribution in [0.1, 0.15) is 49.7 Å². The van der Waals surface area contributed by atoms with Crippen LogP contribution in [-0.2, 0) is 13.1 Å². The lowest BCUT2D eigenvalue weighted by molar-refractivity contribution is 0.220. The highest BCUT2D eigenvalue weighted by molar-refractivity contribution is 5.81. The Morgan fingerprint density at radius 1 is 0.978 bits per heavy atom. The third kappa shape index (κ3) is 13.0. The maximum Gasteiger partial charge on any atom is 0.204 e. The summed E-state index contributed by atoms with van der Waals surface area (Å²) in [5.41, 5.74) is 2.34. The second kappa shape index (κ2) is 20.0. The molecule has 0 atom stereocenters. The molecule has 4 rings (SSSR count). The number of unbranched alkanes of at least 4 members (excludes halogenated alkanes) is 1. The summed E-state index contributed by atoms with van der Waals surface area (Å²) < 4.78 is 19.4. The second-order valence-corrected chi connectivity index (χ2v) is 11.8. The fourth-order valence-electron chi connectivity index (χ4n) is 5.49. The molecule has 3 aromatic rings. The van der Waals surface area contributed by atoms with Crippen LogP contribution in [0.5, 0.6) is 5.75 Å². The van der Waals surface area contributed by atoms with E-state index < -0.39 is 0 Å². The molecule has 2 N–H and O–H groups in total. The van der Waals surface area contributed by atoms with Crippen LogP contribution in [0.3, 0.4) is 0 Å². The molecule has 1 aliphatic heterocycles. The molecule has 0 saturated carbocycles. The largest absolute Gasteiger partial charge is 0.494 e. The van der Waals surface area contributed by atoms with Crippen LogP contribution in [0.15, 0.2) is 77.9 Å². The van der Waals surface area contributed by atoms with E-state index in [4.69, 9.17) is 10.00 Å². The van der Waals surface area contributed by atoms with Crippen molar-refractivity contribution < 1.29 is 9.13 Å². The number of nitriles is 1. The van der Waals surface area contributed by atoms with Gasteiger partial charge in [-0.15, -0.1) is 0 Å². The van der Waals surface area contributed by atoms with E-state index in [0.717, 1.165) is 69.1 Å². The van der Waals surface area contributed by atoms with E-state index in [1.54, 1.807) is 6.20 Å². The van der Waals surface area contributed by atoms with Gasteiger partial charge < -0.3 is 19.9 Å². The topological polar surface area (TPSA) is 92.0 Å². The minimum atomic E-state index is -0.228. The Morgan fingerprint density at radius 2 is 1.83 bits per heavy atom. The van der Waals surface area contributed by atoms with Gasteiger partial charge in [-0.2, -0.15) is 5.26 Å². The Hall–Kier alpha value is -4.20. The smallest absolute Gasteiger partial charge is 0.204 e. The summed E-state index contributed by atoms with van der Waals surface area (Å²) in [5, 5.41) is 15.1. The maximum atomic E-state index is 13.4. The minimum Gasteiger partial charge on any atom is -0.494 e. The van der Waals surface area contributed by atoms with Gasteiger partial charge in [-0.25, -0.2) is 9.37 Å². The van der Waals surface area contributed by atoms with E-state index in [2.05, 4.69) is 60.6 Å². The summed E-state index contributed by atoms with van der Waals surface area (Å²) >= 11 is 0. The Kier molecular flexibility index (Phi) is 15.1. The molecule has 0 radical (unpaired) electrons. The predicted molar refractivity (Wildman–Crippen MR) is 183 cm³/mol. The average molecular weight is 629 g/mol. The lowest BCUT2D eigenvalue weighted by Crippen LogP contribution is -2.36. The van der Waals surface area contributed by atoms with E-state index in [-0.39, 0.29) is 5.82 Å². The third-order valence-corrected chi connectivity index (χ3v) is 8.04. The summed E-state index contributed by atoms with van der Waals surface area (Å²) in [7, 11) is 2.12. The first-order valence-electron chi connectivity index (χ1n) is 16.6. The van der Waals surface area contributed by atoms with Gasteiger partial charge >= 0.3 is 0 Å². The van der Waals surface area contributed by atoms with Gasteiger partial charge in [0.2, 0.25) is 5.96 Å². The molecule has 1 fully saturated rings. The van der Waals surface area contributed by atoms with Crippen molar-refractivity contribution in [2.45, 2.75) is 51.6 Å². The van der Waals surface area contributed by atoms with Crippen LogP contribution in [0, 0.1) is 17.3 Å². The Labute approximate surface area is 274 Å². The van der Waals surface area contributed by atoms with Crippen LogP contribution >= 0.6 is 0 Å². The highest BCUT2D eigenvalue weighted by atomic mass is 19.1. The predicted octanol–water partition coefficient (Wildman–Crippen LogP) is 5.41. The van der Waals surface area contributed by atoms with Gasteiger partial charge in [-0.05, 0) is 99.9 Å². The lowest BCUT2D eigenvalue weighted by Gasteiger charge is -2.27. The number of guanidine groups is 1. The number of hydrogen-bond donors (Lipinski definition) is 2. The number of anilines is 1. The minimum absolute atomic E-state index is 0.228. The maximum absolute atomic E-state index is 13.4. The van der Waals surface area contributed by atoms with Crippen LogP contribution in [0.4, 0.5) is 10.2 Å². The molecule has 1 saturated heterocycles. The van der Waals surface area contributed by atoms with Gasteiger partial charge in [0.25, 0.3) is 0 Å². The van der Waals surface area contributed by atoms with Gasteiger partial charge in [-0.3, -0.25) is 15.2 Å². The van der Waals surface area contributed by atoms with Crippen LogP contribution in [0.25, 0.3) is 0 Å². The summed E-state index contributed by atoms with van der Waals surface area (Å²) in [4.78, 5) is 16.1. The van der Waals surface area contributed by atoms with Crippen molar-refractivity contribution in [3.63, 3.8) is 0 Å². The monoisotopic (exact) mass is 628 g/mol. The molecule has 1 aromatic heterocycles. The van der Waals surface area contributed by atoms with Gasteiger partial charge in [0, 0.05) is 51.9 Å². The zero-order valence-electron chi connectivity index (χ0n) is 27.2. The second-order valence-electron chi connectivity index (χ2n) is 11.8. The number of nitrogens with one attached hydrogen (secondary N) is 2. The first-order valence-corrected chi connectivity index (χ1v) is 16.6. The number of halogens is 1. The number of benzene rings is 2. The van der Waals surface area contributed by atoms with Crippen molar-refractivity contribution in [1.29, 1.82) is 5.26 Å². The zero-order chi connectivity index (χ0) is 32.2. The van der Waals surface area contributed by atoms with Crippen LogP contribution in [0.2, 0.25) is 0 Å². The molecular formula is C36H49FN8O. The molecule has 1 aliphatic rings. The first kappa shape index (κ1) is 34.7. The quantitative estimate of drug-likeness (QED) is 0.0636. The number of pyridine rings is 1. The highest BCUT2D eigenvalue weighted by Gasteiger charge is 2.12. The number of ether oxygens (including phenoxy) is 1. The number of aliphatic imine (C=N–C) groups is 1. The zero-order valence-corrected chi connectivity index (χ0v) is 27.2. The number of aromatic nitrogens is 1. The molecular weight excluding hydrogens is 579 g/mol. The van der Waals surface area contributed by atoms with Crippen LogP contribution < -0.4 is 20.3 Å². The van der Waals surface area contributed by atoms with Gasteiger partial charge in [-0.1, -0.05) is 36.8 Å². The van der Waals surface area contributed by atoms with E-state index in [1.807, 2.05) is 42.6 Å². The van der Waals surface area contributed by atoms with Crippen LogP contribution in [-0.4, -0.2) is 80.2 Å². The molecule has 2 heterocycles.